The Labute approximate surface area is 172 Å². The Hall–Kier alpha value is -2.20. The van der Waals surface area contributed by atoms with Crippen LogP contribution >= 0.6 is 11.8 Å². The molecule has 0 aliphatic heterocycles. The van der Waals surface area contributed by atoms with E-state index in [4.69, 9.17) is 0 Å². The zero-order valence-corrected chi connectivity index (χ0v) is 17.5. The zero-order valence-electron chi connectivity index (χ0n) is 15.9. The van der Waals surface area contributed by atoms with Crippen LogP contribution in [0.25, 0.3) is 0 Å². The smallest absolute Gasteiger partial charge is 0.243 e. The quantitative estimate of drug-likeness (QED) is 0.601. The summed E-state index contributed by atoms with van der Waals surface area (Å²) in [6.07, 6.45) is 0.877. The minimum atomic E-state index is -3.93. The van der Waals surface area contributed by atoms with Gasteiger partial charge in [0, 0.05) is 24.1 Å². The second kappa shape index (κ2) is 10.0. The number of hydrogen-bond acceptors (Lipinski definition) is 4. The summed E-state index contributed by atoms with van der Waals surface area (Å²) in [5.74, 6) is -2.31. The van der Waals surface area contributed by atoms with Gasteiger partial charge in [0.05, 0.1) is 11.9 Å². The Morgan fingerprint density at radius 2 is 1.79 bits per heavy atom. The summed E-state index contributed by atoms with van der Waals surface area (Å²) in [6, 6.07) is 7.83. The van der Waals surface area contributed by atoms with Crippen molar-refractivity contribution >= 4 is 33.4 Å². The number of rotatable bonds is 9. The molecule has 29 heavy (non-hydrogen) atoms. The second-order valence-electron chi connectivity index (χ2n) is 6.27. The van der Waals surface area contributed by atoms with Crippen LogP contribution < -0.4 is 9.62 Å². The van der Waals surface area contributed by atoms with Gasteiger partial charge in [-0.3, -0.25) is 9.10 Å². The van der Waals surface area contributed by atoms with Gasteiger partial charge in [-0.05, 0) is 30.7 Å². The Bertz CT molecular complexity index is 971. The second-order valence-corrected chi connectivity index (χ2v) is 9.23. The van der Waals surface area contributed by atoms with Crippen molar-refractivity contribution in [2.45, 2.75) is 18.7 Å². The zero-order chi connectivity index (χ0) is 21.6. The monoisotopic (exact) mass is 446 g/mol. The SMILES string of the molecule is C[C@@H](C(=O)NCCSCc1ccccc1F)N(c1ccc(F)c(F)c1)S(C)(=O)=O. The molecule has 2 aromatic rings. The number of hydrogen-bond donors (Lipinski definition) is 1. The van der Waals surface area contributed by atoms with Gasteiger partial charge >= 0.3 is 0 Å². The van der Waals surface area contributed by atoms with Crippen LogP contribution in [-0.2, 0) is 20.6 Å². The largest absolute Gasteiger partial charge is 0.353 e. The fourth-order valence-electron chi connectivity index (χ4n) is 2.62. The lowest BCUT2D eigenvalue weighted by Crippen LogP contribution is -2.48. The molecule has 0 heterocycles. The maximum absolute atomic E-state index is 13.6. The molecule has 0 fully saturated rings. The standard InChI is InChI=1S/C19H21F3N2O3S2/c1-13(24(29(2,26)27)15-7-8-17(21)18(22)11-15)19(25)23-9-10-28-12-14-5-3-4-6-16(14)20/h3-8,11,13H,9-10,12H2,1-2H3,(H,23,25)/t13-/m0/s1. The molecule has 1 N–H and O–H groups in total. The van der Waals surface area contributed by atoms with Crippen molar-refractivity contribution in [2.24, 2.45) is 0 Å². The van der Waals surface area contributed by atoms with Crippen molar-refractivity contribution in [2.75, 3.05) is 22.9 Å². The molecule has 0 aliphatic rings. The predicted molar refractivity (Wildman–Crippen MR) is 109 cm³/mol. The van der Waals surface area contributed by atoms with Crippen molar-refractivity contribution in [3.8, 4) is 0 Å². The molecule has 0 bridgehead atoms. The first kappa shape index (κ1) is 23.1. The molecule has 0 aromatic heterocycles. The van der Waals surface area contributed by atoms with Crippen LogP contribution in [0, 0.1) is 17.5 Å². The van der Waals surface area contributed by atoms with E-state index in [0.717, 1.165) is 28.8 Å². The van der Waals surface area contributed by atoms with Crippen LogP contribution in [0.4, 0.5) is 18.9 Å². The average Bonchev–Trinajstić information content (AvgIpc) is 2.64. The molecular formula is C19H21F3N2O3S2. The molecule has 5 nitrogen and oxygen atoms in total. The summed E-state index contributed by atoms with van der Waals surface area (Å²) < 4.78 is 65.2. The minimum absolute atomic E-state index is 0.150. The molecule has 2 rings (SSSR count). The van der Waals surface area contributed by atoms with E-state index < -0.39 is 33.6 Å². The Balaban J connectivity index is 1.95. The van der Waals surface area contributed by atoms with Crippen molar-refractivity contribution < 1.29 is 26.4 Å². The van der Waals surface area contributed by atoms with Crippen LogP contribution in [0.2, 0.25) is 0 Å². The molecule has 1 amide bonds. The van der Waals surface area contributed by atoms with Crippen LogP contribution in [0.3, 0.4) is 0 Å². The predicted octanol–water partition coefficient (Wildman–Crippen LogP) is 3.31. The molecule has 0 unspecified atom stereocenters. The van der Waals surface area contributed by atoms with Gasteiger partial charge in [-0.1, -0.05) is 18.2 Å². The molecule has 0 aliphatic carbocycles. The van der Waals surface area contributed by atoms with E-state index in [1.54, 1.807) is 18.2 Å². The molecule has 0 saturated carbocycles. The molecule has 2 aromatic carbocycles. The maximum Gasteiger partial charge on any atom is 0.243 e. The van der Waals surface area contributed by atoms with Crippen molar-refractivity contribution in [1.29, 1.82) is 0 Å². The summed E-state index contributed by atoms with van der Waals surface area (Å²) in [5.41, 5.74) is 0.404. The lowest BCUT2D eigenvalue weighted by atomic mass is 10.2. The summed E-state index contributed by atoms with van der Waals surface area (Å²) >= 11 is 1.41. The Morgan fingerprint density at radius 3 is 2.41 bits per heavy atom. The maximum atomic E-state index is 13.6. The van der Waals surface area contributed by atoms with Crippen LogP contribution in [0.15, 0.2) is 42.5 Å². The van der Waals surface area contributed by atoms with E-state index >= 15 is 0 Å². The van der Waals surface area contributed by atoms with Crippen molar-refractivity contribution in [3.63, 3.8) is 0 Å². The van der Waals surface area contributed by atoms with Gasteiger partial charge < -0.3 is 5.32 Å². The number of amides is 1. The van der Waals surface area contributed by atoms with E-state index in [1.165, 1.54) is 24.8 Å². The highest BCUT2D eigenvalue weighted by atomic mass is 32.2. The summed E-state index contributed by atoms with van der Waals surface area (Å²) in [7, 11) is -3.93. The van der Waals surface area contributed by atoms with Gasteiger partial charge in [-0.15, -0.1) is 0 Å². The van der Waals surface area contributed by atoms with Gasteiger partial charge in [0.25, 0.3) is 0 Å². The highest BCUT2D eigenvalue weighted by Gasteiger charge is 2.29. The normalized spacial score (nSPS) is 12.4. The number of benzene rings is 2. The van der Waals surface area contributed by atoms with E-state index in [1.807, 2.05) is 0 Å². The first-order chi connectivity index (χ1) is 13.6. The lowest BCUT2D eigenvalue weighted by molar-refractivity contribution is -0.121. The Morgan fingerprint density at radius 1 is 1.10 bits per heavy atom. The fourth-order valence-corrected chi connectivity index (χ4v) is 4.63. The first-order valence-corrected chi connectivity index (χ1v) is 11.6. The number of carbonyl (C=O) groups is 1. The topological polar surface area (TPSA) is 66.5 Å². The number of carbonyl (C=O) groups excluding carboxylic acids is 1. The van der Waals surface area contributed by atoms with Gasteiger partial charge in [0.1, 0.15) is 11.9 Å². The number of anilines is 1. The number of halogens is 3. The highest BCUT2D eigenvalue weighted by Crippen LogP contribution is 2.23. The summed E-state index contributed by atoms with van der Waals surface area (Å²) in [4.78, 5) is 12.4. The van der Waals surface area contributed by atoms with Crippen molar-refractivity contribution in [3.05, 3.63) is 65.5 Å². The Kier molecular flexibility index (Phi) is 7.97. The minimum Gasteiger partial charge on any atom is -0.353 e. The van der Waals surface area contributed by atoms with Crippen LogP contribution in [0.5, 0.6) is 0 Å². The average molecular weight is 447 g/mol. The van der Waals surface area contributed by atoms with Gasteiger partial charge in [-0.2, -0.15) is 11.8 Å². The molecule has 158 valence electrons. The van der Waals surface area contributed by atoms with Crippen molar-refractivity contribution in [1.82, 2.24) is 5.32 Å². The van der Waals surface area contributed by atoms with Crippen LogP contribution in [-0.4, -0.2) is 38.9 Å². The molecule has 10 heteroatoms. The van der Waals surface area contributed by atoms with E-state index in [9.17, 15) is 26.4 Å². The van der Waals surface area contributed by atoms with Gasteiger partial charge in [0.2, 0.25) is 15.9 Å². The van der Waals surface area contributed by atoms with E-state index in [-0.39, 0.29) is 18.0 Å². The number of thioether (sulfide) groups is 1. The summed E-state index contributed by atoms with van der Waals surface area (Å²) in [5, 5.41) is 2.60. The van der Waals surface area contributed by atoms with E-state index in [0.29, 0.717) is 17.1 Å². The van der Waals surface area contributed by atoms with Gasteiger partial charge in [0.15, 0.2) is 11.6 Å². The number of sulfonamides is 1. The van der Waals surface area contributed by atoms with Gasteiger partial charge in [-0.25, -0.2) is 21.6 Å². The fraction of sp³-hybridized carbons (Fsp3) is 0.316. The third-order valence-corrected chi connectivity index (χ3v) is 6.26. The molecular weight excluding hydrogens is 425 g/mol. The third kappa shape index (κ3) is 6.40. The lowest BCUT2D eigenvalue weighted by Gasteiger charge is -2.28. The highest BCUT2D eigenvalue weighted by molar-refractivity contribution is 7.98. The summed E-state index contributed by atoms with van der Waals surface area (Å²) in [6.45, 7) is 1.59. The van der Waals surface area contributed by atoms with Crippen LogP contribution in [0.1, 0.15) is 12.5 Å². The molecule has 0 radical (unpaired) electrons. The number of nitrogens with zero attached hydrogens (tertiary/aromatic N) is 1. The molecule has 0 saturated heterocycles. The van der Waals surface area contributed by atoms with E-state index in [2.05, 4.69) is 5.32 Å². The molecule has 0 spiro atoms. The first-order valence-electron chi connectivity index (χ1n) is 8.64. The third-order valence-electron chi connectivity index (χ3n) is 4.01. The number of nitrogens with one attached hydrogen (secondary N) is 1. The molecule has 1 atom stereocenters.